The van der Waals surface area contributed by atoms with Gasteiger partial charge in [0.2, 0.25) is 0 Å². The molecule has 1 aliphatic heterocycles. The smallest absolute Gasteiger partial charge is 0.307 e. The first-order valence-corrected chi connectivity index (χ1v) is 13.3. The van der Waals surface area contributed by atoms with E-state index in [0.29, 0.717) is 56.6 Å². The van der Waals surface area contributed by atoms with Gasteiger partial charge in [-0.05, 0) is 60.7 Å². The highest BCUT2D eigenvalue weighted by Crippen LogP contribution is 2.35. The molecular weight excluding hydrogens is 545 g/mol. The lowest BCUT2D eigenvalue weighted by atomic mass is 9.89. The van der Waals surface area contributed by atoms with Crippen LogP contribution in [0.2, 0.25) is 15.1 Å². The number of carboxylic acid groups (broad SMARTS) is 1. The molecule has 0 aliphatic carbocycles. The molecule has 5 rings (SSSR count). The van der Waals surface area contributed by atoms with E-state index >= 15 is 0 Å². The molecule has 1 saturated heterocycles. The van der Waals surface area contributed by atoms with Crippen molar-refractivity contribution >= 4 is 46.7 Å². The van der Waals surface area contributed by atoms with Gasteiger partial charge in [-0.3, -0.25) is 9.59 Å². The summed E-state index contributed by atoms with van der Waals surface area (Å²) in [5.74, 6) is -1.07. The largest absolute Gasteiger partial charge is 0.481 e. The molecule has 0 radical (unpaired) electrons. The summed E-state index contributed by atoms with van der Waals surface area (Å²) in [5.41, 5.74) is 3.32. The van der Waals surface area contributed by atoms with E-state index in [9.17, 15) is 14.7 Å². The maximum Gasteiger partial charge on any atom is 0.307 e. The summed E-state index contributed by atoms with van der Waals surface area (Å²) in [6, 6.07) is 21.9. The van der Waals surface area contributed by atoms with Crippen LogP contribution in [0.5, 0.6) is 0 Å². The number of nitrogens with zero attached hydrogens (tertiary/aromatic N) is 3. The van der Waals surface area contributed by atoms with Gasteiger partial charge in [0, 0.05) is 34.3 Å². The number of likely N-dealkylation sites (tertiary alicyclic amines) is 1. The van der Waals surface area contributed by atoms with Gasteiger partial charge < -0.3 is 10.0 Å². The fourth-order valence-corrected chi connectivity index (χ4v) is 5.51. The fourth-order valence-electron chi connectivity index (χ4n) is 4.97. The number of piperidine rings is 1. The summed E-state index contributed by atoms with van der Waals surface area (Å²) in [5, 5.41) is 16.1. The number of carboxylic acids is 1. The van der Waals surface area contributed by atoms with E-state index in [0.717, 1.165) is 18.4 Å². The number of aromatic nitrogens is 2. The minimum Gasteiger partial charge on any atom is -0.481 e. The zero-order valence-corrected chi connectivity index (χ0v) is 22.5. The van der Waals surface area contributed by atoms with Crippen LogP contribution in [0.1, 0.15) is 40.4 Å². The molecule has 0 bridgehead atoms. The molecule has 194 valence electrons. The number of benzene rings is 3. The Labute approximate surface area is 235 Å². The zero-order chi connectivity index (χ0) is 26.8. The van der Waals surface area contributed by atoms with Crippen LogP contribution >= 0.6 is 34.8 Å². The molecule has 1 fully saturated rings. The molecular formula is C29H24Cl3N3O3. The molecule has 4 aromatic rings. The summed E-state index contributed by atoms with van der Waals surface area (Å²) in [6.45, 7) is 1.05. The van der Waals surface area contributed by atoms with Crippen molar-refractivity contribution in [2.45, 2.75) is 25.2 Å². The molecule has 1 N–H and O–H groups in total. The third-order valence-electron chi connectivity index (χ3n) is 6.81. The number of carbonyl (C=O) groups is 2. The third kappa shape index (κ3) is 5.44. The molecule has 0 saturated carbocycles. The molecule has 1 aromatic heterocycles. The molecule has 0 unspecified atom stereocenters. The molecule has 2 heterocycles. The Kier molecular flexibility index (Phi) is 7.75. The van der Waals surface area contributed by atoms with Crippen molar-refractivity contribution in [1.29, 1.82) is 0 Å². The van der Waals surface area contributed by atoms with Crippen molar-refractivity contribution in [3.05, 3.63) is 105 Å². The molecule has 9 heteroatoms. The van der Waals surface area contributed by atoms with Crippen molar-refractivity contribution in [2.75, 3.05) is 13.1 Å². The van der Waals surface area contributed by atoms with Crippen LogP contribution in [0.3, 0.4) is 0 Å². The van der Waals surface area contributed by atoms with Crippen LogP contribution in [-0.2, 0) is 11.2 Å². The number of rotatable bonds is 6. The van der Waals surface area contributed by atoms with Gasteiger partial charge in [0.15, 0.2) is 5.69 Å². The zero-order valence-electron chi connectivity index (χ0n) is 20.3. The SMILES string of the molecule is O=C(O)Cc1c(C(=O)N2CCC(c3cccc(Cl)c3)CC2)nn(-c2ccccc2Cl)c1-c1ccc(Cl)cc1. The van der Waals surface area contributed by atoms with Gasteiger partial charge in [0.05, 0.1) is 22.8 Å². The predicted octanol–water partition coefficient (Wildman–Crippen LogP) is 7.15. The fraction of sp³-hybridized carbons (Fsp3) is 0.207. The maximum atomic E-state index is 13.8. The van der Waals surface area contributed by atoms with Crippen LogP contribution in [0.15, 0.2) is 72.8 Å². The van der Waals surface area contributed by atoms with Gasteiger partial charge >= 0.3 is 5.97 Å². The summed E-state index contributed by atoms with van der Waals surface area (Å²) in [6.07, 6.45) is 1.17. The minimum absolute atomic E-state index is 0.110. The quantitative estimate of drug-likeness (QED) is 0.268. The predicted molar refractivity (Wildman–Crippen MR) is 150 cm³/mol. The number of aliphatic carboxylic acids is 1. The molecule has 0 spiro atoms. The summed E-state index contributed by atoms with van der Waals surface area (Å²) < 4.78 is 1.57. The Hall–Kier alpha value is -3.32. The number of hydrogen-bond donors (Lipinski definition) is 1. The Balaban J connectivity index is 1.55. The first kappa shape index (κ1) is 26.3. The minimum atomic E-state index is -1.06. The van der Waals surface area contributed by atoms with Crippen molar-refractivity contribution in [3.63, 3.8) is 0 Å². The average Bonchev–Trinajstić information content (AvgIpc) is 3.27. The Bertz CT molecular complexity index is 1490. The molecule has 0 atom stereocenters. The van der Waals surface area contributed by atoms with Crippen LogP contribution in [0.25, 0.3) is 16.9 Å². The van der Waals surface area contributed by atoms with Gasteiger partial charge in [-0.2, -0.15) is 5.10 Å². The first-order chi connectivity index (χ1) is 18.3. The summed E-state index contributed by atoms with van der Waals surface area (Å²) >= 11 is 18.8. The topological polar surface area (TPSA) is 75.4 Å². The Morgan fingerprint density at radius 1 is 0.895 bits per heavy atom. The molecule has 3 aromatic carbocycles. The maximum absolute atomic E-state index is 13.8. The lowest BCUT2D eigenvalue weighted by molar-refractivity contribution is -0.136. The standard InChI is InChI=1S/C29H24Cl3N3O3/c30-21-10-8-19(9-11-21)28-23(17-26(36)37)27(33-35(28)25-7-2-1-6-24(25)32)29(38)34-14-12-18(13-15-34)20-4-3-5-22(31)16-20/h1-11,16,18H,12-15,17H2,(H,36,37). The third-order valence-corrected chi connectivity index (χ3v) is 7.62. The van der Waals surface area contributed by atoms with Crippen LogP contribution < -0.4 is 0 Å². The second-order valence-electron chi connectivity index (χ2n) is 9.24. The van der Waals surface area contributed by atoms with E-state index in [1.54, 1.807) is 52.0 Å². The number of hydrogen-bond acceptors (Lipinski definition) is 3. The normalized spacial score (nSPS) is 14.0. The van der Waals surface area contributed by atoms with E-state index < -0.39 is 5.97 Å². The van der Waals surface area contributed by atoms with Crippen LogP contribution in [0, 0.1) is 0 Å². The molecule has 38 heavy (non-hydrogen) atoms. The van der Waals surface area contributed by atoms with Crippen molar-refractivity contribution in [1.82, 2.24) is 14.7 Å². The molecule has 1 amide bonds. The van der Waals surface area contributed by atoms with E-state index in [4.69, 9.17) is 34.8 Å². The van der Waals surface area contributed by atoms with Crippen LogP contribution in [-0.4, -0.2) is 44.8 Å². The number of amides is 1. The summed E-state index contributed by atoms with van der Waals surface area (Å²) in [7, 11) is 0. The van der Waals surface area contributed by atoms with E-state index in [-0.39, 0.29) is 18.0 Å². The number of carbonyl (C=O) groups excluding carboxylic acids is 1. The van der Waals surface area contributed by atoms with E-state index in [2.05, 4.69) is 11.2 Å². The highest BCUT2D eigenvalue weighted by molar-refractivity contribution is 6.32. The monoisotopic (exact) mass is 567 g/mol. The van der Waals surface area contributed by atoms with Gasteiger partial charge in [-0.25, -0.2) is 4.68 Å². The van der Waals surface area contributed by atoms with Crippen LogP contribution in [0.4, 0.5) is 0 Å². The second-order valence-corrected chi connectivity index (χ2v) is 10.5. The van der Waals surface area contributed by atoms with E-state index in [1.165, 1.54) is 0 Å². The van der Waals surface area contributed by atoms with Gasteiger partial charge in [0.1, 0.15) is 0 Å². The van der Waals surface area contributed by atoms with Gasteiger partial charge in [-0.1, -0.05) is 71.2 Å². The molecule has 6 nitrogen and oxygen atoms in total. The highest BCUT2D eigenvalue weighted by Gasteiger charge is 2.32. The number of para-hydroxylation sites is 1. The highest BCUT2D eigenvalue weighted by atomic mass is 35.5. The number of halogens is 3. The van der Waals surface area contributed by atoms with Gasteiger partial charge in [0.25, 0.3) is 5.91 Å². The second kappa shape index (κ2) is 11.2. The van der Waals surface area contributed by atoms with Crippen molar-refractivity contribution in [2.24, 2.45) is 0 Å². The first-order valence-electron chi connectivity index (χ1n) is 12.2. The summed E-state index contributed by atoms with van der Waals surface area (Å²) in [4.78, 5) is 27.6. The van der Waals surface area contributed by atoms with Crippen molar-refractivity contribution < 1.29 is 14.7 Å². The Morgan fingerprint density at radius 2 is 1.61 bits per heavy atom. The van der Waals surface area contributed by atoms with Gasteiger partial charge in [-0.15, -0.1) is 0 Å². The average molecular weight is 569 g/mol. The van der Waals surface area contributed by atoms with Crippen molar-refractivity contribution in [3.8, 4) is 16.9 Å². The Morgan fingerprint density at radius 3 is 2.26 bits per heavy atom. The van der Waals surface area contributed by atoms with E-state index in [1.807, 2.05) is 24.3 Å². The lowest BCUT2D eigenvalue weighted by Gasteiger charge is -2.32. The lowest BCUT2D eigenvalue weighted by Crippen LogP contribution is -2.38. The molecule has 1 aliphatic rings.